The molecule has 4 nitrogen and oxygen atoms in total. The molecular weight excluding hydrogens is 140 g/mol. The highest BCUT2D eigenvalue weighted by molar-refractivity contribution is 5.93. The van der Waals surface area contributed by atoms with Crippen LogP contribution in [0.5, 0.6) is 0 Å². The summed E-state index contributed by atoms with van der Waals surface area (Å²) in [5.74, 6) is 5.46. The number of hydrazine groups is 1. The van der Waals surface area contributed by atoms with Crippen molar-refractivity contribution in [3.63, 3.8) is 0 Å². The maximum Gasteiger partial charge on any atom is 0.132 e. The molecule has 0 aliphatic rings. The van der Waals surface area contributed by atoms with E-state index in [1.165, 1.54) is 0 Å². The van der Waals surface area contributed by atoms with Crippen LogP contribution in [0.4, 0.5) is 0 Å². The van der Waals surface area contributed by atoms with Crippen molar-refractivity contribution in [3.05, 3.63) is 24.2 Å². The molecule has 5 N–H and O–H groups in total. The van der Waals surface area contributed by atoms with E-state index in [4.69, 9.17) is 11.6 Å². The predicted molar refractivity (Wildman–Crippen MR) is 47.5 cm³/mol. The molecule has 0 fully saturated rings. The summed E-state index contributed by atoms with van der Waals surface area (Å²) in [6.45, 7) is 7.13. The average Bonchev–Trinajstić information content (AvgIpc) is 1.85. The van der Waals surface area contributed by atoms with E-state index in [0.717, 1.165) is 5.71 Å². The summed E-state index contributed by atoms with van der Waals surface area (Å²) in [6, 6.07) is 0. The fourth-order valence-corrected chi connectivity index (χ4v) is 0.607. The second-order valence-corrected chi connectivity index (χ2v) is 2.23. The van der Waals surface area contributed by atoms with Gasteiger partial charge in [0.15, 0.2) is 0 Å². The van der Waals surface area contributed by atoms with Crippen molar-refractivity contribution in [3.8, 4) is 0 Å². The second-order valence-electron chi connectivity index (χ2n) is 2.23. The van der Waals surface area contributed by atoms with Gasteiger partial charge in [-0.1, -0.05) is 6.58 Å². The van der Waals surface area contributed by atoms with Crippen molar-refractivity contribution >= 4 is 5.71 Å². The Bertz CT molecular complexity index is 198. The minimum Gasteiger partial charge on any atom is -0.402 e. The highest BCUT2D eigenvalue weighted by atomic mass is 15.3. The van der Waals surface area contributed by atoms with Crippen LogP contribution in [0.2, 0.25) is 0 Å². The maximum atomic E-state index is 5.41. The number of rotatable bonds is 3. The maximum absolute atomic E-state index is 5.41. The molecule has 0 aromatic rings. The summed E-state index contributed by atoms with van der Waals surface area (Å²) in [4.78, 5) is 3.97. The van der Waals surface area contributed by atoms with Crippen LogP contribution >= 0.6 is 0 Å². The number of aliphatic imine (C=N–C) groups is 1. The average molecular weight is 154 g/mol. The van der Waals surface area contributed by atoms with Gasteiger partial charge in [0, 0.05) is 11.4 Å². The van der Waals surface area contributed by atoms with E-state index in [1.54, 1.807) is 13.0 Å². The third kappa shape index (κ3) is 5.17. The molecule has 0 saturated heterocycles. The van der Waals surface area contributed by atoms with E-state index in [9.17, 15) is 0 Å². The molecule has 0 aromatic heterocycles. The van der Waals surface area contributed by atoms with Crippen molar-refractivity contribution in [2.75, 3.05) is 0 Å². The first-order valence-electron chi connectivity index (χ1n) is 3.21. The van der Waals surface area contributed by atoms with Crippen LogP contribution < -0.4 is 17.0 Å². The van der Waals surface area contributed by atoms with Crippen molar-refractivity contribution in [1.29, 1.82) is 0 Å². The second kappa shape index (κ2) is 4.51. The number of nitrogens with zero attached hydrogens (tertiary/aromatic N) is 1. The molecule has 0 bridgehead atoms. The van der Waals surface area contributed by atoms with Gasteiger partial charge >= 0.3 is 0 Å². The lowest BCUT2D eigenvalue weighted by molar-refractivity contribution is 0.875. The summed E-state index contributed by atoms with van der Waals surface area (Å²) in [5.41, 5.74) is 9.20. The van der Waals surface area contributed by atoms with Crippen LogP contribution in [0.15, 0.2) is 29.2 Å². The standard InChI is InChI=1S/C7H14N4/c1-5(8)4-6(2)10-7(3)11-9/h4,11H,3,8-9H2,1-2H3/b5-4-,10-6?. The first-order valence-corrected chi connectivity index (χ1v) is 3.21. The first-order chi connectivity index (χ1) is 5.06. The van der Waals surface area contributed by atoms with Crippen molar-refractivity contribution in [2.45, 2.75) is 13.8 Å². The summed E-state index contributed by atoms with van der Waals surface area (Å²) < 4.78 is 0. The molecule has 0 aliphatic heterocycles. The zero-order valence-corrected chi connectivity index (χ0v) is 6.89. The number of allylic oxidation sites excluding steroid dienone is 2. The molecule has 4 heteroatoms. The molecule has 0 amide bonds. The molecule has 0 heterocycles. The fraction of sp³-hybridized carbons (Fsp3) is 0.286. The molecule has 0 aromatic carbocycles. The predicted octanol–water partition coefficient (Wildman–Crippen LogP) is 0.244. The van der Waals surface area contributed by atoms with E-state index in [2.05, 4.69) is 17.0 Å². The van der Waals surface area contributed by atoms with Crippen LogP contribution in [0.1, 0.15) is 13.8 Å². The van der Waals surface area contributed by atoms with E-state index in [1.807, 2.05) is 6.92 Å². The van der Waals surface area contributed by atoms with Gasteiger partial charge in [-0.3, -0.25) is 0 Å². The monoisotopic (exact) mass is 154 g/mol. The third-order valence-electron chi connectivity index (χ3n) is 0.914. The minimum absolute atomic E-state index is 0.417. The van der Waals surface area contributed by atoms with Crippen molar-refractivity contribution in [1.82, 2.24) is 5.43 Å². The Kier molecular flexibility index (Phi) is 3.98. The Labute approximate surface area is 66.6 Å². The zero-order valence-electron chi connectivity index (χ0n) is 6.89. The van der Waals surface area contributed by atoms with Crippen LogP contribution in [-0.2, 0) is 0 Å². The Morgan fingerprint density at radius 1 is 1.55 bits per heavy atom. The molecule has 11 heavy (non-hydrogen) atoms. The molecule has 0 saturated carbocycles. The quantitative estimate of drug-likeness (QED) is 0.310. The molecule has 62 valence electrons. The zero-order chi connectivity index (χ0) is 8.85. The molecular formula is C7H14N4. The highest BCUT2D eigenvalue weighted by Gasteiger charge is 1.87. The largest absolute Gasteiger partial charge is 0.402 e. The highest BCUT2D eigenvalue weighted by Crippen LogP contribution is 1.90. The smallest absolute Gasteiger partial charge is 0.132 e. The molecule has 0 radical (unpaired) electrons. The van der Waals surface area contributed by atoms with Gasteiger partial charge in [-0.2, -0.15) is 0 Å². The molecule has 0 aliphatic carbocycles. The Morgan fingerprint density at radius 2 is 2.09 bits per heavy atom. The Balaban J connectivity index is 4.23. The van der Waals surface area contributed by atoms with Crippen LogP contribution in [0.3, 0.4) is 0 Å². The van der Waals surface area contributed by atoms with Gasteiger partial charge in [0.2, 0.25) is 0 Å². The number of nitrogens with one attached hydrogen (secondary N) is 1. The van der Waals surface area contributed by atoms with Crippen molar-refractivity contribution in [2.24, 2.45) is 16.6 Å². The lowest BCUT2D eigenvalue weighted by Crippen LogP contribution is -2.19. The van der Waals surface area contributed by atoms with E-state index in [0.29, 0.717) is 11.5 Å². The summed E-state index contributed by atoms with van der Waals surface area (Å²) in [6.07, 6.45) is 1.74. The Morgan fingerprint density at radius 3 is 2.45 bits per heavy atom. The summed E-state index contributed by atoms with van der Waals surface area (Å²) >= 11 is 0. The normalized spacial score (nSPS) is 13.0. The summed E-state index contributed by atoms with van der Waals surface area (Å²) in [5, 5.41) is 0. The van der Waals surface area contributed by atoms with Gasteiger partial charge < -0.3 is 11.2 Å². The van der Waals surface area contributed by atoms with Gasteiger partial charge in [-0.25, -0.2) is 10.8 Å². The summed E-state index contributed by atoms with van der Waals surface area (Å²) in [7, 11) is 0. The van der Waals surface area contributed by atoms with E-state index < -0.39 is 0 Å². The lowest BCUT2D eigenvalue weighted by Gasteiger charge is -1.97. The number of hydrogen-bond donors (Lipinski definition) is 3. The van der Waals surface area contributed by atoms with E-state index in [-0.39, 0.29) is 0 Å². The first kappa shape index (κ1) is 9.71. The van der Waals surface area contributed by atoms with E-state index >= 15 is 0 Å². The van der Waals surface area contributed by atoms with Crippen LogP contribution in [0, 0.1) is 0 Å². The molecule has 0 rings (SSSR count). The van der Waals surface area contributed by atoms with Crippen LogP contribution in [0.25, 0.3) is 0 Å². The fourth-order valence-electron chi connectivity index (χ4n) is 0.607. The lowest BCUT2D eigenvalue weighted by atomic mass is 10.3. The topological polar surface area (TPSA) is 76.4 Å². The minimum atomic E-state index is 0.417. The molecule has 0 unspecified atom stereocenters. The van der Waals surface area contributed by atoms with Gasteiger partial charge in [0.05, 0.1) is 0 Å². The van der Waals surface area contributed by atoms with Gasteiger partial charge in [0.25, 0.3) is 0 Å². The van der Waals surface area contributed by atoms with Crippen molar-refractivity contribution < 1.29 is 0 Å². The van der Waals surface area contributed by atoms with Gasteiger partial charge in [0.1, 0.15) is 5.82 Å². The van der Waals surface area contributed by atoms with Crippen LogP contribution in [-0.4, -0.2) is 5.71 Å². The molecule has 0 spiro atoms. The van der Waals surface area contributed by atoms with Gasteiger partial charge in [-0.05, 0) is 19.9 Å². The number of nitrogens with two attached hydrogens (primary N) is 2. The SMILES string of the molecule is C=C(N=C(C)/C=C(/C)N)NN. The van der Waals surface area contributed by atoms with Gasteiger partial charge in [-0.15, -0.1) is 0 Å². The number of hydrogen-bond acceptors (Lipinski definition) is 4. The molecule has 0 atom stereocenters. The third-order valence-corrected chi connectivity index (χ3v) is 0.914. The Hall–Kier alpha value is -1.29.